The Balaban J connectivity index is 2.49. The summed E-state index contributed by atoms with van der Waals surface area (Å²) in [6, 6.07) is 10.2. The Morgan fingerprint density at radius 1 is 1.21 bits per heavy atom. The van der Waals surface area contributed by atoms with Crippen molar-refractivity contribution in [1.29, 1.82) is 0 Å². The molecule has 0 unspecified atom stereocenters. The van der Waals surface area contributed by atoms with Gasteiger partial charge in [-0.05, 0) is 26.5 Å². The fourth-order valence-corrected chi connectivity index (χ4v) is 1.98. The molecular formula is C16H24N2O. The number of carbonyl (C=O) groups excluding carboxylic acids is 1. The molecule has 104 valence electrons. The van der Waals surface area contributed by atoms with Gasteiger partial charge < -0.3 is 4.90 Å². The van der Waals surface area contributed by atoms with E-state index in [4.69, 9.17) is 0 Å². The van der Waals surface area contributed by atoms with Crippen LogP contribution in [0.15, 0.2) is 42.5 Å². The van der Waals surface area contributed by atoms with Crippen molar-refractivity contribution in [2.75, 3.05) is 26.7 Å². The Morgan fingerprint density at radius 2 is 1.84 bits per heavy atom. The second-order valence-corrected chi connectivity index (χ2v) is 5.02. The molecule has 0 N–H and O–H groups in total. The van der Waals surface area contributed by atoms with Crippen molar-refractivity contribution in [3.05, 3.63) is 48.0 Å². The summed E-state index contributed by atoms with van der Waals surface area (Å²) < 4.78 is 0. The molecule has 0 spiro atoms. The van der Waals surface area contributed by atoms with Gasteiger partial charge in [0.15, 0.2) is 0 Å². The van der Waals surface area contributed by atoms with Crippen LogP contribution in [0.3, 0.4) is 0 Å². The molecule has 1 rings (SSSR count). The van der Waals surface area contributed by atoms with Gasteiger partial charge in [-0.2, -0.15) is 0 Å². The van der Waals surface area contributed by atoms with Gasteiger partial charge in [0, 0.05) is 19.6 Å². The maximum atomic E-state index is 12.2. The molecule has 19 heavy (non-hydrogen) atoms. The van der Waals surface area contributed by atoms with E-state index in [-0.39, 0.29) is 5.91 Å². The molecule has 3 nitrogen and oxygen atoms in total. The van der Waals surface area contributed by atoms with Crippen molar-refractivity contribution >= 4 is 5.91 Å². The van der Waals surface area contributed by atoms with Gasteiger partial charge in [0.2, 0.25) is 5.91 Å². The standard InChI is InChI=1S/C16H24N2O/c1-5-18(11-14(2)3)16(19)13-17(4)12-15-9-7-6-8-10-15/h6-10H,2,5,11-13H2,1,3-4H3. The quantitative estimate of drug-likeness (QED) is 0.703. The number of hydrogen-bond acceptors (Lipinski definition) is 2. The van der Waals surface area contributed by atoms with E-state index < -0.39 is 0 Å². The average molecular weight is 260 g/mol. The highest BCUT2D eigenvalue weighted by molar-refractivity contribution is 5.78. The van der Waals surface area contributed by atoms with Gasteiger partial charge in [-0.15, -0.1) is 0 Å². The largest absolute Gasteiger partial charge is 0.338 e. The highest BCUT2D eigenvalue weighted by Crippen LogP contribution is 2.04. The molecule has 0 atom stereocenters. The van der Waals surface area contributed by atoms with E-state index in [2.05, 4.69) is 18.7 Å². The molecule has 3 heteroatoms. The second kappa shape index (κ2) is 7.74. The van der Waals surface area contributed by atoms with Gasteiger partial charge >= 0.3 is 0 Å². The van der Waals surface area contributed by atoms with Crippen LogP contribution >= 0.6 is 0 Å². The summed E-state index contributed by atoms with van der Waals surface area (Å²) in [5, 5.41) is 0. The van der Waals surface area contributed by atoms with Crippen LogP contribution in [0.1, 0.15) is 19.4 Å². The van der Waals surface area contributed by atoms with Gasteiger partial charge in [-0.25, -0.2) is 0 Å². The van der Waals surface area contributed by atoms with Crippen molar-refractivity contribution in [3.63, 3.8) is 0 Å². The van der Waals surface area contributed by atoms with E-state index >= 15 is 0 Å². The SMILES string of the molecule is C=C(C)CN(CC)C(=O)CN(C)Cc1ccccc1. The summed E-state index contributed by atoms with van der Waals surface area (Å²) >= 11 is 0. The lowest BCUT2D eigenvalue weighted by Crippen LogP contribution is -2.39. The van der Waals surface area contributed by atoms with E-state index in [0.29, 0.717) is 13.1 Å². The van der Waals surface area contributed by atoms with Crippen molar-refractivity contribution in [1.82, 2.24) is 9.80 Å². The molecule has 0 aliphatic rings. The molecule has 0 saturated carbocycles. The van der Waals surface area contributed by atoms with Crippen LogP contribution in [0.25, 0.3) is 0 Å². The second-order valence-electron chi connectivity index (χ2n) is 5.02. The van der Waals surface area contributed by atoms with Crippen LogP contribution in [0, 0.1) is 0 Å². The van der Waals surface area contributed by atoms with Crippen molar-refractivity contribution in [2.24, 2.45) is 0 Å². The normalized spacial score (nSPS) is 10.5. The lowest BCUT2D eigenvalue weighted by molar-refractivity contribution is -0.131. The first-order valence-electron chi connectivity index (χ1n) is 6.67. The average Bonchev–Trinajstić information content (AvgIpc) is 2.36. The molecule has 0 aliphatic carbocycles. The lowest BCUT2D eigenvalue weighted by atomic mass is 10.2. The summed E-state index contributed by atoms with van der Waals surface area (Å²) in [6.45, 7) is 10.4. The maximum Gasteiger partial charge on any atom is 0.237 e. The first-order chi connectivity index (χ1) is 9.02. The van der Waals surface area contributed by atoms with E-state index in [1.54, 1.807) is 0 Å². The molecule has 0 aromatic heterocycles. The van der Waals surface area contributed by atoms with Crippen molar-refractivity contribution in [2.45, 2.75) is 20.4 Å². The van der Waals surface area contributed by atoms with Crippen LogP contribution in [-0.2, 0) is 11.3 Å². The topological polar surface area (TPSA) is 23.6 Å². The Morgan fingerprint density at radius 3 is 2.37 bits per heavy atom. The van der Waals surface area contributed by atoms with Crippen LogP contribution in [-0.4, -0.2) is 42.4 Å². The van der Waals surface area contributed by atoms with Crippen LogP contribution in [0.2, 0.25) is 0 Å². The number of nitrogens with zero attached hydrogens (tertiary/aromatic N) is 2. The van der Waals surface area contributed by atoms with Crippen LogP contribution in [0.5, 0.6) is 0 Å². The smallest absolute Gasteiger partial charge is 0.237 e. The van der Waals surface area contributed by atoms with Crippen LogP contribution in [0.4, 0.5) is 0 Å². The number of carbonyl (C=O) groups is 1. The fraction of sp³-hybridized carbons (Fsp3) is 0.438. The number of rotatable bonds is 7. The minimum Gasteiger partial charge on any atom is -0.338 e. The molecule has 0 heterocycles. The number of benzene rings is 1. The molecule has 0 fully saturated rings. The van der Waals surface area contributed by atoms with E-state index in [1.807, 2.05) is 48.9 Å². The Labute approximate surface area is 116 Å². The summed E-state index contributed by atoms with van der Waals surface area (Å²) in [4.78, 5) is 16.0. The molecule has 1 aromatic rings. The van der Waals surface area contributed by atoms with E-state index in [0.717, 1.165) is 18.7 Å². The Kier molecular flexibility index (Phi) is 6.30. The third-order valence-electron chi connectivity index (χ3n) is 2.90. The first-order valence-corrected chi connectivity index (χ1v) is 6.67. The van der Waals surface area contributed by atoms with Crippen LogP contribution < -0.4 is 0 Å². The van der Waals surface area contributed by atoms with E-state index in [1.165, 1.54) is 5.56 Å². The molecular weight excluding hydrogens is 236 g/mol. The van der Waals surface area contributed by atoms with Crippen molar-refractivity contribution in [3.8, 4) is 0 Å². The third kappa shape index (κ3) is 5.71. The molecule has 1 amide bonds. The summed E-state index contributed by atoms with van der Waals surface area (Å²) in [5.41, 5.74) is 2.24. The monoisotopic (exact) mass is 260 g/mol. The van der Waals surface area contributed by atoms with Gasteiger partial charge in [0.05, 0.1) is 6.54 Å². The van der Waals surface area contributed by atoms with Gasteiger partial charge in [-0.3, -0.25) is 9.69 Å². The van der Waals surface area contributed by atoms with Gasteiger partial charge in [-0.1, -0.05) is 42.5 Å². The predicted octanol–water partition coefficient (Wildman–Crippen LogP) is 2.54. The highest BCUT2D eigenvalue weighted by Gasteiger charge is 2.13. The Hall–Kier alpha value is -1.61. The lowest BCUT2D eigenvalue weighted by Gasteiger charge is -2.24. The van der Waals surface area contributed by atoms with Crippen molar-refractivity contribution < 1.29 is 4.79 Å². The molecule has 0 radical (unpaired) electrons. The van der Waals surface area contributed by atoms with Gasteiger partial charge in [0.25, 0.3) is 0 Å². The third-order valence-corrected chi connectivity index (χ3v) is 2.90. The molecule has 0 saturated heterocycles. The minimum absolute atomic E-state index is 0.156. The maximum absolute atomic E-state index is 12.2. The fourth-order valence-electron chi connectivity index (χ4n) is 1.98. The number of hydrogen-bond donors (Lipinski definition) is 0. The van der Waals surface area contributed by atoms with E-state index in [9.17, 15) is 4.79 Å². The zero-order chi connectivity index (χ0) is 14.3. The molecule has 0 bridgehead atoms. The van der Waals surface area contributed by atoms with Gasteiger partial charge in [0.1, 0.15) is 0 Å². The molecule has 1 aromatic carbocycles. The zero-order valence-electron chi connectivity index (χ0n) is 12.2. The number of likely N-dealkylation sites (N-methyl/N-ethyl adjacent to an activating group) is 2. The first kappa shape index (κ1) is 15.4. The Bertz CT molecular complexity index is 414. The zero-order valence-corrected chi connectivity index (χ0v) is 12.2. The summed E-state index contributed by atoms with van der Waals surface area (Å²) in [6.07, 6.45) is 0. The number of amides is 1. The highest BCUT2D eigenvalue weighted by atomic mass is 16.2. The summed E-state index contributed by atoms with van der Waals surface area (Å²) in [7, 11) is 1.97. The summed E-state index contributed by atoms with van der Waals surface area (Å²) in [5.74, 6) is 0.156. The molecule has 0 aliphatic heterocycles. The minimum atomic E-state index is 0.156. The predicted molar refractivity (Wildman–Crippen MR) is 79.8 cm³/mol.